The fraction of sp³-hybridized carbons (Fsp3) is 0.294. The van der Waals surface area contributed by atoms with Crippen LogP contribution < -0.4 is 15.2 Å². The summed E-state index contributed by atoms with van der Waals surface area (Å²) in [5, 5.41) is 0.658. The molecular formula is C17H20ClNO2. The number of ether oxygens (including phenoxy) is 2. The molecule has 2 N–H and O–H groups in total. The first kappa shape index (κ1) is 15.7. The van der Waals surface area contributed by atoms with E-state index in [1.54, 1.807) is 13.2 Å². The van der Waals surface area contributed by atoms with Crippen molar-refractivity contribution >= 4 is 11.6 Å². The van der Waals surface area contributed by atoms with E-state index < -0.39 is 0 Å². The van der Waals surface area contributed by atoms with E-state index in [0.29, 0.717) is 11.6 Å². The third-order valence-corrected chi connectivity index (χ3v) is 3.52. The van der Waals surface area contributed by atoms with Crippen molar-refractivity contribution in [3.05, 3.63) is 58.1 Å². The Balaban J connectivity index is 2.24. The van der Waals surface area contributed by atoms with Gasteiger partial charge in [-0.2, -0.15) is 0 Å². The van der Waals surface area contributed by atoms with Crippen molar-refractivity contribution in [1.29, 1.82) is 0 Å². The molecule has 0 saturated heterocycles. The molecule has 2 aromatic rings. The molecule has 0 radical (unpaired) electrons. The largest absolute Gasteiger partial charge is 0.496 e. The first-order chi connectivity index (χ1) is 10.0. The Morgan fingerprint density at radius 3 is 2.57 bits per heavy atom. The Bertz CT molecular complexity index is 626. The van der Waals surface area contributed by atoms with Crippen LogP contribution in [0, 0.1) is 6.92 Å². The van der Waals surface area contributed by atoms with E-state index in [1.165, 1.54) is 0 Å². The fourth-order valence-electron chi connectivity index (χ4n) is 2.16. The number of benzene rings is 2. The number of nitrogens with two attached hydrogens (primary N) is 1. The molecular weight excluding hydrogens is 286 g/mol. The summed E-state index contributed by atoms with van der Waals surface area (Å²) in [4.78, 5) is 0. The lowest BCUT2D eigenvalue weighted by Crippen LogP contribution is -2.08. The van der Waals surface area contributed by atoms with Crippen molar-refractivity contribution in [3.63, 3.8) is 0 Å². The molecule has 0 bridgehead atoms. The van der Waals surface area contributed by atoms with Gasteiger partial charge in [-0.1, -0.05) is 23.7 Å². The van der Waals surface area contributed by atoms with Gasteiger partial charge in [0.1, 0.15) is 18.1 Å². The third kappa shape index (κ3) is 3.90. The lowest BCUT2D eigenvalue weighted by molar-refractivity contribution is 0.292. The van der Waals surface area contributed by atoms with Crippen LogP contribution in [0.25, 0.3) is 0 Å². The molecule has 0 heterocycles. The second-order valence-corrected chi connectivity index (χ2v) is 5.51. The summed E-state index contributed by atoms with van der Waals surface area (Å²) < 4.78 is 11.3. The van der Waals surface area contributed by atoms with Gasteiger partial charge < -0.3 is 15.2 Å². The molecule has 0 spiro atoms. The van der Waals surface area contributed by atoms with E-state index in [2.05, 4.69) is 0 Å². The maximum absolute atomic E-state index is 6.03. The maximum atomic E-state index is 6.03. The zero-order valence-corrected chi connectivity index (χ0v) is 13.3. The van der Waals surface area contributed by atoms with Gasteiger partial charge in [0.05, 0.1) is 7.11 Å². The van der Waals surface area contributed by atoms with Gasteiger partial charge in [-0.05, 0) is 43.7 Å². The molecule has 0 aliphatic heterocycles. The zero-order chi connectivity index (χ0) is 15.4. The molecule has 0 amide bonds. The summed E-state index contributed by atoms with van der Waals surface area (Å²) in [5.41, 5.74) is 9.01. The van der Waals surface area contributed by atoms with E-state index in [1.807, 2.05) is 44.2 Å². The fourth-order valence-corrected chi connectivity index (χ4v) is 2.35. The van der Waals surface area contributed by atoms with Gasteiger partial charge in [0.25, 0.3) is 0 Å². The lowest BCUT2D eigenvalue weighted by Gasteiger charge is -2.16. The highest BCUT2D eigenvalue weighted by atomic mass is 35.5. The average Bonchev–Trinajstić information content (AvgIpc) is 2.45. The number of halogens is 1. The standard InChI is InChI=1S/C17H20ClNO2/c1-11-4-6-15(12(2)19)17(8-11)21-10-13-9-14(18)5-7-16(13)20-3/h4-9,12H,10,19H2,1-3H3/t12-/m1/s1. The monoisotopic (exact) mass is 305 g/mol. The number of methoxy groups -OCH3 is 1. The van der Waals surface area contributed by atoms with Crippen molar-refractivity contribution in [2.45, 2.75) is 26.5 Å². The molecule has 21 heavy (non-hydrogen) atoms. The smallest absolute Gasteiger partial charge is 0.125 e. The molecule has 112 valence electrons. The number of rotatable bonds is 5. The van der Waals surface area contributed by atoms with Crippen LogP contribution in [0.2, 0.25) is 5.02 Å². The van der Waals surface area contributed by atoms with Crippen molar-refractivity contribution in [1.82, 2.24) is 0 Å². The van der Waals surface area contributed by atoms with Crippen LogP contribution in [0.5, 0.6) is 11.5 Å². The highest BCUT2D eigenvalue weighted by Crippen LogP contribution is 2.28. The van der Waals surface area contributed by atoms with E-state index in [4.69, 9.17) is 26.8 Å². The summed E-state index contributed by atoms with van der Waals surface area (Å²) in [5.74, 6) is 1.56. The van der Waals surface area contributed by atoms with Gasteiger partial charge in [0.15, 0.2) is 0 Å². The van der Waals surface area contributed by atoms with E-state index in [0.717, 1.165) is 28.2 Å². The number of hydrogen-bond donors (Lipinski definition) is 1. The quantitative estimate of drug-likeness (QED) is 0.898. The molecule has 3 nitrogen and oxygen atoms in total. The topological polar surface area (TPSA) is 44.5 Å². The molecule has 0 fully saturated rings. The Labute approximate surface area is 130 Å². The van der Waals surface area contributed by atoms with E-state index in [9.17, 15) is 0 Å². The third-order valence-electron chi connectivity index (χ3n) is 3.29. The molecule has 2 rings (SSSR count). The van der Waals surface area contributed by atoms with E-state index in [-0.39, 0.29) is 6.04 Å². The van der Waals surface area contributed by atoms with Crippen LogP contribution in [-0.4, -0.2) is 7.11 Å². The SMILES string of the molecule is COc1ccc(Cl)cc1COc1cc(C)ccc1[C@@H](C)N. The Kier molecular flexibility index (Phi) is 5.10. The highest BCUT2D eigenvalue weighted by Gasteiger charge is 2.10. The molecule has 0 saturated carbocycles. The van der Waals surface area contributed by atoms with Crippen LogP contribution in [0.3, 0.4) is 0 Å². The van der Waals surface area contributed by atoms with Gasteiger partial charge in [-0.25, -0.2) is 0 Å². The Morgan fingerprint density at radius 1 is 1.14 bits per heavy atom. The molecule has 2 aromatic carbocycles. The first-order valence-corrected chi connectivity index (χ1v) is 7.20. The minimum absolute atomic E-state index is 0.0816. The van der Waals surface area contributed by atoms with Crippen LogP contribution in [0.15, 0.2) is 36.4 Å². The second-order valence-electron chi connectivity index (χ2n) is 5.07. The Morgan fingerprint density at radius 2 is 1.90 bits per heavy atom. The minimum Gasteiger partial charge on any atom is -0.496 e. The highest BCUT2D eigenvalue weighted by molar-refractivity contribution is 6.30. The van der Waals surface area contributed by atoms with Crippen LogP contribution in [0.4, 0.5) is 0 Å². The van der Waals surface area contributed by atoms with Gasteiger partial charge in [-0.3, -0.25) is 0 Å². The van der Waals surface area contributed by atoms with Crippen LogP contribution in [0.1, 0.15) is 29.7 Å². The van der Waals surface area contributed by atoms with Gasteiger partial charge in [0.2, 0.25) is 0 Å². The minimum atomic E-state index is -0.0816. The summed E-state index contributed by atoms with van der Waals surface area (Å²) in [6, 6.07) is 11.4. The van der Waals surface area contributed by atoms with Crippen molar-refractivity contribution in [3.8, 4) is 11.5 Å². The summed E-state index contributed by atoms with van der Waals surface area (Å²) >= 11 is 6.03. The van der Waals surface area contributed by atoms with Gasteiger partial charge in [0, 0.05) is 22.2 Å². The molecule has 1 atom stereocenters. The molecule has 0 unspecified atom stereocenters. The van der Waals surface area contributed by atoms with Crippen molar-refractivity contribution in [2.24, 2.45) is 5.73 Å². The number of aryl methyl sites for hydroxylation is 1. The molecule has 4 heteroatoms. The molecule has 0 aliphatic carbocycles. The normalized spacial score (nSPS) is 12.0. The van der Waals surface area contributed by atoms with Gasteiger partial charge in [-0.15, -0.1) is 0 Å². The first-order valence-electron chi connectivity index (χ1n) is 6.82. The molecule has 0 aromatic heterocycles. The lowest BCUT2D eigenvalue weighted by atomic mass is 10.1. The van der Waals surface area contributed by atoms with Crippen molar-refractivity contribution < 1.29 is 9.47 Å². The van der Waals surface area contributed by atoms with Gasteiger partial charge >= 0.3 is 0 Å². The number of hydrogen-bond acceptors (Lipinski definition) is 3. The maximum Gasteiger partial charge on any atom is 0.125 e. The average molecular weight is 306 g/mol. The summed E-state index contributed by atoms with van der Waals surface area (Å²) in [7, 11) is 1.63. The summed E-state index contributed by atoms with van der Waals surface area (Å²) in [6.45, 7) is 4.35. The zero-order valence-electron chi connectivity index (χ0n) is 12.5. The predicted octanol–water partition coefficient (Wildman–Crippen LogP) is 4.26. The van der Waals surface area contributed by atoms with E-state index >= 15 is 0 Å². The second kappa shape index (κ2) is 6.83. The van der Waals surface area contributed by atoms with Crippen molar-refractivity contribution in [2.75, 3.05) is 7.11 Å². The van der Waals surface area contributed by atoms with Crippen LogP contribution in [-0.2, 0) is 6.61 Å². The molecule has 0 aliphatic rings. The Hall–Kier alpha value is -1.71. The van der Waals surface area contributed by atoms with Crippen LogP contribution >= 0.6 is 11.6 Å². The summed E-state index contributed by atoms with van der Waals surface area (Å²) in [6.07, 6.45) is 0. The predicted molar refractivity (Wildman–Crippen MR) is 86.1 cm³/mol.